The lowest BCUT2D eigenvalue weighted by Gasteiger charge is -2.26. The van der Waals surface area contributed by atoms with Crippen LogP contribution in [0.5, 0.6) is 0 Å². The van der Waals surface area contributed by atoms with Crippen molar-refractivity contribution in [2.45, 2.75) is 43.1 Å². The Kier molecular flexibility index (Phi) is 12.5. The summed E-state index contributed by atoms with van der Waals surface area (Å²) in [5.74, 6) is 0.897. The van der Waals surface area contributed by atoms with Crippen molar-refractivity contribution in [3.05, 3.63) is 71.3 Å². The smallest absolute Gasteiger partial charge is 0.395 e. The summed E-state index contributed by atoms with van der Waals surface area (Å²) in [4.78, 5) is 30.2. The van der Waals surface area contributed by atoms with Crippen LogP contribution in [0.25, 0.3) is 0 Å². The first-order valence-electron chi connectivity index (χ1n) is 17.7. The van der Waals surface area contributed by atoms with Crippen molar-refractivity contribution in [3.63, 3.8) is 0 Å². The second-order valence-corrected chi connectivity index (χ2v) is 13.3. The van der Waals surface area contributed by atoms with E-state index >= 15 is 0 Å². The molecule has 2 saturated heterocycles. The monoisotopic (exact) mass is 776 g/mol. The van der Waals surface area contributed by atoms with Gasteiger partial charge in [-0.15, -0.1) is 0 Å². The topological polar surface area (TPSA) is 161 Å². The van der Waals surface area contributed by atoms with E-state index in [9.17, 15) is 31.4 Å². The molecule has 0 aliphatic carbocycles. The molecule has 20 heteroatoms. The van der Waals surface area contributed by atoms with Crippen LogP contribution in [-0.4, -0.2) is 108 Å². The van der Waals surface area contributed by atoms with Crippen molar-refractivity contribution in [2.24, 2.45) is 0 Å². The number of halogens is 6. The number of pyridine rings is 2. The Hall–Kier alpha value is -4.92. The van der Waals surface area contributed by atoms with Gasteiger partial charge in [0.2, 0.25) is 11.9 Å². The molecule has 3 unspecified atom stereocenters. The van der Waals surface area contributed by atoms with Gasteiger partial charge in [0, 0.05) is 83.2 Å². The summed E-state index contributed by atoms with van der Waals surface area (Å²) < 4.78 is 86.7. The number of nitrogens with zero attached hydrogens (tertiary/aromatic N) is 8. The van der Waals surface area contributed by atoms with Gasteiger partial charge < -0.3 is 40.9 Å². The number of rotatable bonds is 14. The largest absolute Gasteiger partial charge is 0.416 e. The van der Waals surface area contributed by atoms with Crippen LogP contribution in [0.1, 0.15) is 47.2 Å². The number of alkyl halides is 6. The number of hydrogen-bond acceptors (Lipinski definition) is 14. The van der Waals surface area contributed by atoms with Gasteiger partial charge in [-0.25, -0.2) is 19.9 Å². The summed E-state index contributed by atoms with van der Waals surface area (Å²) in [6, 6.07) is 6.99. The van der Waals surface area contributed by atoms with Gasteiger partial charge in [0.25, 0.3) is 0 Å². The van der Waals surface area contributed by atoms with Crippen molar-refractivity contribution in [3.8, 4) is 0 Å². The lowest BCUT2D eigenvalue weighted by Crippen LogP contribution is -2.31. The molecule has 6 rings (SSSR count). The molecule has 0 saturated carbocycles. The molecule has 2 fully saturated rings. The third-order valence-electron chi connectivity index (χ3n) is 9.29. The third-order valence-corrected chi connectivity index (χ3v) is 9.29. The molecule has 4 aromatic heterocycles. The molecule has 3 atom stereocenters. The molecular formula is C35H42F6N12O2. The molecule has 4 aromatic rings. The van der Waals surface area contributed by atoms with Crippen molar-refractivity contribution < 1.29 is 36.2 Å². The van der Waals surface area contributed by atoms with Crippen molar-refractivity contribution >= 4 is 35.2 Å². The predicted molar refractivity (Wildman–Crippen MR) is 193 cm³/mol. The van der Waals surface area contributed by atoms with Crippen LogP contribution < -0.4 is 31.1 Å². The minimum atomic E-state index is -4.55. The summed E-state index contributed by atoms with van der Waals surface area (Å²) >= 11 is 0. The highest BCUT2D eigenvalue weighted by Gasteiger charge is 2.33. The first-order valence-corrected chi connectivity index (χ1v) is 17.7. The summed E-state index contributed by atoms with van der Waals surface area (Å²) in [5.41, 5.74) is -0.377. The fourth-order valence-corrected chi connectivity index (χ4v) is 6.31. The van der Waals surface area contributed by atoms with Gasteiger partial charge >= 0.3 is 12.4 Å². The van der Waals surface area contributed by atoms with Gasteiger partial charge in [0.05, 0.1) is 41.8 Å². The SMILES string of the molecule is CN(CCOC1CNCC1c1cc(Nc2cc(C(F)(F)F)ccn2)nc(N(C)CCO)n1)c1nc(Nc2cc(C(F)(F)F)ccn2)cc(C2CCCNC2)n1. The second-order valence-electron chi connectivity index (χ2n) is 13.3. The maximum absolute atomic E-state index is 13.4. The average molecular weight is 777 g/mol. The Bertz CT molecular complexity index is 1900. The van der Waals surface area contributed by atoms with Crippen LogP contribution >= 0.6 is 0 Å². The Morgan fingerprint density at radius 3 is 1.89 bits per heavy atom. The highest BCUT2D eigenvalue weighted by Crippen LogP contribution is 2.33. The zero-order valence-corrected chi connectivity index (χ0v) is 30.1. The van der Waals surface area contributed by atoms with E-state index in [1.54, 1.807) is 36.0 Å². The van der Waals surface area contributed by atoms with E-state index in [2.05, 4.69) is 41.2 Å². The second kappa shape index (κ2) is 17.3. The molecule has 5 N–H and O–H groups in total. The highest BCUT2D eigenvalue weighted by atomic mass is 19.4. The van der Waals surface area contributed by atoms with Gasteiger partial charge in [0.15, 0.2) is 0 Å². The number of likely N-dealkylation sites (N-methyl/N-ethyl adjacent to an activating group) is 2. The number of piperidine rings is 1. The van der Waals surface area contributed by atoms with E-state index in [1.807, 2.05) is 0 Å². The van der Waals surface area contributed by atoms with Crippen LogP contribution in [-0.2, 0) is 17.1 Å². The molecule has 2 aliphatic rings. The molecule has 2 aliphatic heterocycles. The van der Waals surface area contributed by atoms with E-state index in [0.717, 1.165) is 61.7 Å². The zero-order valence-electron chi connectivity index (χ0n) is 30.1. The van der Waals surface area contributed by atoms with Crippen molar-refractivity contribution in [2.75, 3.05) is 87.0 Å². The third kappa shape index (κ3) is 10.4. The molecule has 0 radical (unpaired) electrons. The predicted octanol–water partition coefficient (Wildman–Crippen LogP) is 4.69. The van der Waals surface area contributed by atoms with Crippen LogP contribution in [0.4, 0.5) is 61.5 Å². The Morgan fingerprint density at radius 2 is 1.33 bits per heavy atom. The zero-order chi connectivity index (χ0) is 39.2. The number of aromatic nitrogens is 6. The van der Waals surface area contributed by atoms with Crippen LogP contribution in [0.15, 0.2) is 48.8 Å². The average Bonchev–Trinajstić information content (AvgIpc) is 3.63. The quantitative estimate of drug-likeness (QED) is 0.112. The minimum Gasteiger partial charge on any atom is -0.395 e. The number of hydrogen-bond donors (Lipinski definition) is 5. The molecule has 0 spiro atoms. The molecule has 0 bridgehead atoms. The summed E-state index contributed by atoms with van der Waals surface area (Å²) in [6.45, 7) is 3.25. The summed E-state index contributed by atoms with van der Waals surface area (Å²) in [6.07, 6.45) is -5.43. The lowest BCUT2D eigenvalue weighted by atomic mass is 9.96. The number of nitrogens with one attached hydrogen (secondary N) is 4. The molecule has 14 nitrogen and oxygen atoms in total. The maximum Gasteiger partial charge on any atom is 0.416 e. The summed E-state index contributed by atoms with van der Waals surface area (Å²) in [5, 5.41) is 22.0. The standard InChI is InChI=1S/C35H42F6N12O2/c1-52(10-12-54)33-47-26(17-31(51-33)49-29-15-23(6-9-45-29)35(39,40)41)24-19-43-20-27(24)55-13-11-53(2)32-46-25(21-4-3-7-42-18-21)16-30(50-32)48-28-14-22(5-8-44-28)34(36,37)38/h5-6,8-9,14-17,21,24,27,42-43,54H,3-4,7,10-13,18-20H2,1-2H3,(H,44,46,48,50)(H,45,47,49,51). The van der Waals surface area contributed by atoms with Gasteiger partial charge in [-0.2, -0.15) is 36.3 Å². The Labute approximate surface area is 313 Å². The van der Waals surface area contributed by atoms with Gasteiger partial charge in [0.1, 0.15) is 23.3 Å². The number of aliphatic hydroxyl groups is 1. The van der Waals surface area contributed by atoms with E-state index in [4.69, 9.17) is 14.7 Å². The number of aliphatic hydroxyl groups excluding tert-OH is 1. The fourth-order valence-electron chi connectivity index (χ4n) is 6.31. The molecule has 6 heterocycles. The van der Waals surface area contributed by atoms with Crippen LogP contribution in [0.3, 0.4) is 0 Å². The van der Waals surface area contributed by atoms with E-state index in [0.29, 0.717) is 43.6 Å². The fraction of sp³-hybridized carbons (Fsp3) is 0.486. The molecule has 296 valence electrons. The first kappa shape index (κ1) is 39.8. The van der Waals surface area contributed by atoms with E-state index < -0.39 is 23.5 Å². The van der Waals surface area contributed by atoms with Gasteiger partial charge in [-0.05, 0) is 43.7 Å². The highest BCUT2D eigenvalue weighted by molar-refractivity contribution is 5.57. The summed E-state index contributed by atoms with van der Waals surface area (Å²) in [7, 11) is 3.49. The Balaban J connectivity index is 1.17. The lowest BCUT2D eigenvalue weighted by molar-refractivity contribution is -0.138. The van der Waals surface area contributed by atoms with Crippen LogP contribution in [0, 0.1) is 0 Å². The molecule has 0 aromatic carbocycles. The van der Waals surface area contributed by atoms with E-state index in [-0.39, 0.29) is 61.1 Å². The van der Waals surface area contributed by atoms with Crippen molar-refractivity contribution in [1.82, 2.24) is 40.5 Å². The number of anilines is 6. The molecule has 55 heavy (non-hydrogen) atoms. The van der Waals surface area contributed by atoms with Crippen molar-refractivity contribution in [1.29, 1.82) is 0 Å². The van der Waals surface area contributed by atoms with E-state index in [1.165, 1.54) is 0 Å². The van der Waals surface area contributed by atoms with Crippen LogP contribution in [0.2, 0.25) is 0 Å². The maximum atomic E-state index is 13.4. The normalized spacial score (nSPS) is 19.0. The minimum absolute atomic E-state index is 0.00200. The molecule has 0 amide bonds. The Morgan fingerprint density at radius 1 is 0.745 bits per heavy atom. The van der Waals surface area contributed by atoms with Gasteiger partial charge in [-0.3, -0.25) is 0 Å². The number of ether oxygens (including phenoxy) is 1. The first-order chi connectivity index (χ1) is 26.3. The molecular weight excluding hydrogens is 734 g/mol. The van der Waals surface area contributed by atoms with Gasteiger partial charge in [-0.1, -0.05) is 0 Å².